The third kappa shape index (κ3) is 2.90. The fraction of sp³-hybridized carbons (Fsp3) is 0.200. The van der Waals surface area contributed by atoms with Crippen molar-refractivity contribution in [3.8, 4) is 0 Å². The van der Waals surface area contributed by atoms with Crippen molar-refractivity contribution < 1.29 is 0 Å². The van der Waals surface area contributed by atoms with Crippen molar-refractivity contribution in [2.75, 3.05) is 0 Å². The highest BCUT2D eigenvalue weighted by Gasteiger charge is 2.38. The normalized spacial score (nSPS) is 21.4. The lowest BCUT2D eigenvalue weighted by atomic mass is 9.80. The van der Waals surface area contributed by atoms with Crippen LogP contribution in [0.2, 0.25) is 0 Å². The third-order valence-electron chi connectivity index (χ3n) is 7.61. The largest absolute Gasteiger partial charge is 0.343 e. The topological polar surface area (TPSA) is 81.0 Å². The minimum absolute atomic E-state index is 0.381. The molecule has 0 saturated carbocycles. The van der Waals surface area contributed by atoms with Crippen LogP contribution in [-0.4, -0.2) is 33.1 Å². The van der Waals surface area contributed by atoms with Gasteiger partial charge in [-0.15, -0.1) is 0 Å². The Morgan fingerprint density at radius 2 is 0.861 bits per heavy atom. The van der Waals surface area contributed by atoms with E-state index in [0.29, 0.717) is 0 Å². The number of amidine groups is 2. The average Bonchev–Trinajstić information content (AvgIpc) is 3.65. The van der Waals surface area contributed by atoms with E-state index < -0.39 is 0 Å². The zero-order valence-electron chi connectivity index (χ0n) is 20.7. The van der Waals surface area contributed by atoms with E-state index in [2.05, 4.69) is 86.2 Å². The molecule has 0 fully saturated rings. The highest BCUT2D eigenvalue weighted by atomic mass is 15.0. The molecular weight excluding hydrogens is 444 g/mol. The van der Waals surface area contributed by atoms with E-state index in [-0.39, 0.29) is 10.8 Å². The molecule has 2 aromatic heterocycles. The Morgan fingerprint density at radius 1 is 0.472 bits per heavy atom. The number of hydrogen-bond acceptors (Lipinski definition) is 4. The highest BCUT2D eigenvalue weighted by molar-refractivity contribution is 6.27. The smallest absolute Gasteiger partial charge is 0.162 e. The molecule has 36 heavy (non-hydrogen) atoms. The first-order valence-corrected chi connectivity index (χ1v) is 12.3. The zero-order chi connectivity index (χ0) is 24.7. The first-order valence-electron chi connectivity index (χ1n) is 12.3. The lowest BCUT2D eigenvalue weighted by molar-refractivity contribution is 0.696. The summed E-state index contributed by atoms with van der Waals surface area (Å²) in [5.41, 5.74) is 7.61. The molecule has 6 heteroatoms. The average molecular weight is 471 g/mol. The van der Waals surface area contributed by atoms with Crippen molar-refractivity contribution in [3.05, 3.63) is 106 Å². The van der Waals surface area contributed by atoms with E-state index in [1.54, 1.807) is 0 Å². The van der Waals surface area contributed by atoms with E-state index in [4.69, 9.17) is 20.0 Å². The van der Waals surface area contributed by atoms with Gasteiger partial charge in [-0.1, -0.05) is 48.5 Å². The van der Waals surface area contributed by atoms with Crippen LogP contribution in [0.1, 0.15) is 61.3 Å². The van der Waals surface area contributed by atoms with Crippen LogP contribution in [0.4, 0.5) is 11.6 Å². The van der Waals surface area contributed by atoms with Crippen molar-refractivity contribution in [2.45, 2.75) is 38.5 Å². The first-order chi connectivity index (χ1) is 17.3. The fourth-order valence-electron chi connectivity index (χ4n) is 5.46. The monoisotopic (exact) mass is 470 g/mol. The van der Waals surface area contributed by atoms with E-state index in [1.807, 2.05) is 24.3 Å². The Balaban J connectivity index is 1.51. The summed E-state index contributed by atoms with van der Waals surface area (Å²) in [6.07, 6.45) is 0. The summed E-state index contributed by atoms with van der Waals surface area (Å²) < 4.78 is 0. The fourth-order valence-corrected chi connectivity index (χ4v) is 5.46. The van der Waals surface area contributed by atoms with E-state index in [0.717, 1.165) is 68.4 Å². The first kappa shape index (κ1) is 21.0. The van der Waals surface area contributed by atoms with E-state index >= 15 is 0 Å². The molecule has 7 rings (SSSR count). The molecule has 2 N–H and O–H groups in total. The van der Waals surface area contributed by atoms with Gasteiger partial charge >= 0.3 is 0 Å². The molecule has 0 atom stereocenters. The molecule has 6 nitrogen and oxygen atoms in total. The number of H-pyrrole nitrogens is 2. The molecule has 3 aliphatic rings. The lowest BCUT2D eigenvalue weighted by Gasteiger charge is -2.24. The number of aromatic amines is 2. The van der Waals surface area contributed by atoms with Crippen molar-refractivity contribution in [2.24, 2.45) is 20.0 Å². The van der Waals surface area contributed by atoms with E-state index in [9.17, 15) is 0 Å². The van der Waals surface area contributed by atoms with Crippen molar-refractivity contribution in [1.82, 2.24) is 9.97 Å². The van der Waals surface area contributed by atoms with Crippen LogP contribution in [0.15, 0.2) is 92.8 Å². The molecule has 0 aliphatic carbocycles. The van der Waals surface area contributed by atoms with Crippen LogP contribution in [0.3, 0.4) is 0 Å². The Bertz CT molecular complexity index is 1560. The van der Waals surface area contributed by atoms with Crippen LogP contribution < -0.4 is 0 Å². The summed E-state index contributed by atoms with van der Waals surface area (Å²) >= 11 is 0. The van der Waals surface area contributed by atoms with Crippen LogP contribution in [0.5, 0.6) is 0 Å². The minimum Gasteiger partial charge on any atom is -0.343 e. The predicted octanol–water partition coefficient (Wildman–Crippen LogP) is 6.37. The molecule has 3 aliphatic heterocycles. The van der Waals surface area contributed by atoms with Crippen LogP contribution in [0, 0.1) is 0 Å². The third-order valence-corrected chi connectivity index (χ3v) is 7.61. The molecule has 176 valence electrons. The molecule has 0 unspecified atom stereocenters. The maximum atomic E-state index is 5.08. The van der Waals surface area contributed by atoms with Crippen molar-refractivity contribution in [1.29, 1.82) is 0 Å². The van der Waals surface area contributed by atoms with Crippen molar-refractivity contribution >= 4 is 34.7 Å². The summed E-state index contributed by atoms with van der Waals surface area (Å²) in [6.45, 7) is 8.75. The van der Waals surface area contributed by atoms with Gasteiger partial charge in [0.25, 0.3) is 0 Å². The number of aliphatic imine (C=N–C) groups is 4. The number of nitrogens with zero attached hydrogens (tertiary/aromatic N) is 4. The van der Waals surface area contributed by atoms with Gasteiger partial charge in [-0.05, 0) is 52.0 Å². The van der Waals surface area contributed by atoms with Gasteiger partial charge in [0.15, 0.2) is 11.7 Å². The summed E-state index contributed by atoms with van der Waals surface area (Å²) in [7, 11) is 0. The Labute approximate surface area is 209 Å². The van der Waals surface area contributed by atoms with Gasteiger partial charge in [-0.25, -0.2) is 20.0 Å². The second-order valence-corrected chi connectivity index (χ2v) is 10.6. The molecular formula is C30H26N6. The zero-order valence-corrected chi connectivity index (χ0v) is 20.7. The lowest BCUT2D eigenvalue weighted by Crippen LogP contribution is -2.29. The second-order valence-electron chi connectivity index (χ2n) is 10.6. The van der Waals surface area contributed by atoms with Crippen LogP contribution in [0.25, 0.3) is 0 Å². The van der Waals surface area contributed by atoms with E-state index in [1.165, 1.54) is 0 Å². The van der Waals surface area contributed by atoms with Gasteiger partial charge in [-0.2, -0.15) is 0 Å². The SMILES string of the molecule is CC1(C)C2=N/C(=N\c3ccc([nH]3)C(C)(C)C3=N/C(=N\c4ccc1[nH]4)c1ccccc13)c1ccccc12. The van der Waals surface area contributed by atoms with Gasteiger partial charge in [0, 0.05) is 44.5 Å². The number of hydrogen-bond donors (Lipinski definition) is 2. The van der Waals surface area contributed by atoms with Crippen LogP contribution >= 0.6 is 0 Å². The quantitative estimate of drug-likeness (QED) is 0.299. The molecule has 4 aromatic rings. The maximum absolute atomic E-state index is 5.08. The number of aromatic nitrogens is 2. The number of rotatable bonds is 0. The molecule has 2 aromatic carbocycles. The highest BCUT2D eigenvalue weighted by Crippen LogP contribution is 2.38. The summed E-state index contributed by atoms with van der Waals surface area (Å²) in [6, 6.07) is 24.9. The molecule has 0 saturated heterocycles. The van der Waals surface area contributed by atoms with Gasteiger partial charge in [-0.3, -0.25) is 0 Å². The summed E-state index contributed by atoms with van der Waals surface area (Å²) in [4.78, 5) is 27.2. The van der Waals surface area contributed by atoms with Gasteiger partial charge in [0.05, 0.1) is 11.4 Å². The van der Waals surface area contributed by atoms with Gasteiger partial charge in [0.2, 0.25) is 0 Å². The maximum Gasteiger partial charge on any atom is 0.162 e. The molecule has 5 heterocycles. The number of fused-ring (bicyclic) bond motifs is 12. The summed E-state index contributed by atoms with van der Waals surface area (Å²) in [5.74, 6) is 3.01. The summed E-state index contributed by atoms with van der Waals surface area (Å²) in [5, 5.41) is 0. The predicted molar refractivity (Wildman–Crippen MR) is 146 cm³/mol. The standard InChI is InChI=1S/C30H26N6/c1-29(2)21-13-15-23(31-21)33-28-20-12-8-6-10-18(20)26(36-28)30(3,4)22-14-16-24(32-22)34-27-19-11-7-5-9-17(19)25(29)35-27/h5-16,31-32H,1-4H3/b33-28-,34-27-. The molecule has 8 bridgehead atoms. The second kappa shape index (κ2) is 7.10. The molecule has 0 spiro atoms. The van der Waals surface area contributed by atoms with Gasteiger partial charge < -0.3 is 9.97 Å². The molecule has 0 radical (unpaired) electrons. The Morgan fingerprint density at radius 3 is 1.28 bits per heavy atom. The number of benzene rings is 2. The van der Waals surface area contributed by atoms with Gasteiger partial charge in [0.1, 0.15) is 11.6 Å². The number of nitrogens with one attached hydrogen (secondary N) is 2. The minimum atomic E-state index is -0.381. The Kier molecular flexibility index (Phi) is 4.14. The Hall–Kier alpha value is -4.32. The van der Waals surface area contributed by atoms with Crippen molar-refractivity contribution in [3.63, 3.8) is 0 Å². The molecule has 0 amide bonds. The van der Waals surface area contributed by atoms with Crippen LogP contribution in [-0.2, 0) is 10.8 Å².